The van der Waals surface area contributed by atoms with Crippen molar-refractivity contribution in [2.24, 2.45) is 0 Å². The van der Waals surface area contributed by atoms with E-state index < -0.39 is 0 Å². The Bertz CT molecular complexity index is 513. The van der Waals surface area contributed by atoms with Crippen molar-refractivity contribution in [2.45, 2.75) is 0 Å². The van der Waals surface area contributed by atoms with Crippen LogP contribution in [0.1, 0.15) is 10.4 Å². The average Bonchev–Trinajstić information content (AvgIpc) is 2.96. The maximum absolute atomic E-state index is 12.1. The molecule has 6 nitrogen and oxygen atoms in total. The number of fused-ring (bicyclic) bond motifs is 1. The second-order valence-electron chi connectivity index (χ2n) is 5.47. The number of amides is 1. The van der Waals surface area contributed by atoms with Gasteiger partial charge in [-0.25, -0.2) is 0 Å². The van der Waals surface area contributed by atoms with Crippen molar-refractivity contribution < 1.29 is 14.3 Å². The topological polar surface area (TPSA) is 54.0 Å². The minimum absolute atomic E-state index is 0.0672. The maximum Gasteiger partial charge on any atom is 0.251 e. The van der Waals surface area contributed by atoms with Gasteiger partial charge in [0.25, 0.3) is 5.91 Å². The Labute approximate surface area is 124 Å². The van der Waals surface area contributed by atoms with E-state index in [1.54, 1.807) is 18.2 Å². The molecule has 114 valence electrons. The van der Waals surface area contributed by atoms with E-state index in [9.17, 15) is 4.79 Å². The summed E-state index contributed by atoms with van der Waals surface area (Å²) in [5.74, 6) is 1.27. The van der Waals surface area contributed by atoms with Crippen LogP contribution < -0.4 is 14.8 Å². The zero-order valence-electron chi connectivity index (χ0n) is 12.3. The maximum atomic E-state index is 12.1. The summed E-state index contributed by atoms with van der Waals surface area (Å²) in [4.78, 5) is 16.8. The highest BCUT2D eigenvalue weighted by atomic mass is 16.7. The second kappa shape index (κ2) is 6.32. The van der Waals surface area contributed by atoms with E-state index in [4.69, 9.17) is 9.47 Å². The van der Waals surface area contributed by atoms with Crippen LogP contribution >= 0.6 is 0 Å². The second-order valence-corrected chi connectivity index (χ2v) is 5.47. The summed E-state index contributed by atoms with van der Waals surface area (Å²) < 4.78 is 10.5. The van der Waals surface area contributed by atoms with Crippen molar-refractivity contribution in [3.8, 4) is 11.5 Å². The number of benzene rings is 1. The molecular weight excluding hydrogens is 270 g/mol. The van der Waals surface area contributed by atoms with E-state index in [0.717, 1.165) is 32.7 Å². The standard InChI is InChI=1S/C15H21N3O3/c1-17-6-8-18(9-7-17)5-4-16-15(19)12-2-3-13-14(10-12)21-11-20-13/h2-3,10H,4-9,11H2,1H3,(H,16,19). The first-order chi connectivity index (χ1) is 10.2. The van der Waals surface area contributed by atoms with Crippen LogP contribution in [0.25, 0.3) is 0 Å². The van der Waals surface area contributed by atoms with Crippen LogP contribution in [0.3, 0.4) is 0 Å². The predicted molar refractivity (Wildman–Crippen MR) is 78.8 cm³/mol. The smallest absolute Gasteiger partial charge is 0.251 e. The van der Waals surface area contributed by atoms with E-state index >= 15 is 0 Å². The summed E-state index contributed by atoms with van der Waals surface area (Å²) in [6.45, 7) is 6.10. The molecule has 0 spiro atoms. The zero-order chi connectivity index (χ0) is 14.7. The third-order valence-electron chi connectivity index (χ3n) is 3.94. The number of likely N-dealkylation sites (N-methyl/N-ethyl adjacent to an activating group) is 1. The van der Waals surface area contributed by atoms with Gasteiger partial charge in [-0.05, 0) is 25.2 Å². The molecule has 0 atom stereocenters. The number of carbonyl (C=O) groups excluding carboxylic acids is 1. The third kappa shape index (κ3) is 3.46. The summed E-state index contributed by atoms with van der Waals surface area (Å²) >= 11 is 0. The van der Waals surface area contributed by atoms with E-state index in [0.29, 0.717) is 23.6 Å². The number of ether oxygens (including phenoxy) is 2. The molecule has 3 rings (SSSR count). The van der Waals surface area contributed by atoms with Gasteiger partial charge in [-0.2, -0.15) is 0 Å². The van der Waals surface area contributed by atoms with Gasteiger partial charge in [-0.1, -0.05) is 0 Å². The number of hydrogen-bond donors (Lipinski definition) is 1. The number of rotatable bonds is 4. The SMILES string of the molecule is CN1CCN(CCNC(=O)c2ccc3c(c2)OCO3)CC1. The average molecular weight is 291 g/mol. The quantitative estimate of drug-likeness (QED) is 0.870. The lowest BCUT2D eigenvalue weighted by Gasteiger charge is -2.32. The monoisotopic (exact) mass is 291 g/mol. The normalized spacial score (nSPS) is 18.7. The molecule has 2 aliphatic heterocycles. The molecule has 0 aliphatic carbocycles. The summed E-state index contributed by atoms with van der Waals surface area (Å²) in [6.07, 6.45) is 0. The molecule has 0 aromatic heterocycles. The molecular formula is C15H21N3O3. The lowest BCUT2D eigenvalue weighted by molar-refractivity contribution is 0.0940. The van der Waals surface area contributed by atoms with Crippen molar-refractivity contribution in [1.29, 1.82) is 0 Å². The fourth-order valence-electron chi connectivity index (χ4n) is 2.54. The van der Waals surface area contributed by atoms with Crippen molar-refractivity contribution >= 4 is 5.91 Å². The molecule has 6 heteroatoms. The highest BCUT2D eigenvalue weighted by Crippen LogP contribution is 2.32. The van der Waals surface area contributed by atoms with Gasteiger partial charge in [0.1, 0.15) is 0 Å². The van der Waals surface area contributed by atoms with Gasteiger partial charge in [0.15, 0.2) is 11.5 Å². The number of carbonyl (C=O) groups is 1. The third-order valence-corrected chi connectivity index (χ3v) is 3.94. The van der Waals surface area contributed by atoms with Crippen molar-refractivity contribution in [2.75, 3.05) is 53.1 Å². The van der Waals surface area contributed by atoms with E-state index in [-0.39, 0.29) is 12.7 Å². The molecule has 1 aromatic carbocycles. The molecule has 1 saturated heterocycles. The molecule has 0 unspecified atom stereocenters. The lowest BCUT2D eigenvalue weighted by atomic mass is 10.2. The largest absolute Gasteiger partial charge is 0.454 e. The molecule has 1 aromatic rings. The molecule has 1 amide bonds. The van der Waals surface area contributed by atoms with Crippen LogP contribution in [0.15, 0.2) is 18.2 Å². The Morgan fingerprint density at radius 3 is 2.76 bits per heavy atom. The Hall–Kier alpha value is -1.79. The number of nitrogens with zero attached hydrogens (tertiary/aromatic N) is 2. The Morgan fingerprint density at radius 1 is 1.19 bits per heavy atom. The van der Waals surface area contributed by atoms with Crippen molar-refractivity contribution in [3.63, 3.8) is 0 Å². The number of nitrogens with one attached hydrogen (secondary N) is 1. The fourth-order valence-corrected chi connectivity index (χ4v) is 2.54. The van der Waals surface area contributed by atoms with E-state index in [2.05, 4.69) is 22.2 Å². The first-order valence-corrected chi connectivity index (χ1v) is 7.31. The minimum Gasteiger partial charge on any atom is -0.454 e. The molecule has 0 radical (unpaired) electrons. The van der Waals surface area contributed by atoms with Crippen LogP contribution in [0.2, 0.25) is 0 Å². The van der Waals surface area contributed by atoms with E-state index in [1.807, 2.05) is 0 Å². The number of hydrogen-bond acceptors (Lipinski definition) is 5. The molecule has 0 saturated carbocycles. The summed E-state index contributed by atoms with van der Waals surface area (Å²) in [5, 5.41) is 2.96. The van der Waals surface area contributed by atoms with Gasteiger partial charge >= 0.3 is 0 Å². The number of piperazine rings is 1. The van der Waals surface area contributed by atoms with Crippen molar-refractivity contribution in [3.05, 3.63) is 23.8 Å². The summed E-state index contributed by atoms with van der Waals surface area (Å²) in [7, 11) is 2.14. The van der Waals surface area contributed by atoms with Gasteiger partial charge in [-0.15, -0.1) is 0 Å². The van der Waals surface area contributed by atoms with Crippen LogP contribution in [0.5, 0.6) is 11.5 Å². The van der Waals surface area contributed by atoms with Gasteiger partial charge in [0.05, 0.1) is 0 Å². The Kier molecular flexibility index (Phi) is 4.26. The Morgan fingerprint density at radius 2 is 1.95 bits per heavy atom. The molecule has 21 heavy (non-hydrogen) atoms. The molecule has 2 heterocycles. The fraction of sp³-hybridized carbons (Fsp3) is 0.533. The summed E-state index contributed by atoms with van der Waals surface area (Å²) in [5.41, 5.74) is 0.609. The zero-order valence-corrected chi connectivity index (χ0v) is 12.3. The molecule has 2 aliphatic rings. The first kappa shape index (κ1) is 14.2. The van der Waals surface area contributed by atoms with Crippen LogP contribution in [0.4, 0.5) is 0 Å². The van der Waals surface area contributed by atoms with E-state index in [1.165, 1.54) is 0 Å². The lowest BCUT2D eigenvalue weighted by Crippen LogP contribution is -2.46. The first-order valence-electron chi connectivity index (χ1n) is 7.31. The van der Waals surface area contributed by atoms with Gasteiger partial charge < -0.3 is 19.7 Å². The van der Waals surface area contributed by atoms with Gasteiger partial charge in [0.2, 0.25) is 6.79 Å². The van der Waals surface area contributed by atoms with Crippen molar-refractivity contribution in [1.82, 2.24) is 15.1 Å². The molecule has 0 bridgehead atoms. The van der Waals surface area contributed by atoms with Crippen LogP contribution in [-0.4, -0.2) is 68.8 Å². The van der Waals surface area contributed by atoms with Crippen LogP contribution in [-0.2, 0) is 0 Å². The Balaban J connectivity index is 1.46. The molecule has 1 N–H and O–H groups in total. The minimum atomic E-state index is -0.0672. The van der Waals surface area contributed by atoms with Gasteiger partial charge in [0, 0.05) is 44.8 Å². The summed E-state index contributed by atoms with van der Waals surface area (Å²) in [6, 6.07) is 5.27. The predicted octanol–water partition coefficient (Wildman–Crippen LogP) is 0.392. The van der Waals surface area contributed by atoms with Crippen LogP contribution in [0, 0.1) is 0 Å². The highest BCUT2D eigenvalue weighted by Gasteiger charge is 2.17. The highest BCUT2D eigenvalue weighted by molar-refractivity contribution is 5.94. The van der Waals surface area contributed by atoms with Gasteiger partial charge in [-0.3, -0.25) is 9.69 Å². The molecule has 1 fully saturated rings.